The van der Waals surface area contributed by atoms with Crippen molar-refractivity contribution in [2.75, 3.05) is 0 Å². The molecule has 1 rings (SSSR count). The van der Waals surface area contributed by atoms with Gasteiger partial charge in [0.25, 0.3) is 0 Å². The lowest BCUT2D eigenvalue weighted by molar-refractivity contribution is 0.120. The molecular formula is C18H32O3. The van der Waals surface area contributed by atoms with E-state index in [2.05, 4.69) is 19.1 Å². The van der Waals surface area contributed by atoms with E-state index in [0.29, 0.717) is 6.42 Å². The number of unbranched alkanes of at least 4 members (excludes halogenated alkanes) is 2. The van der Waals surface area contributed by atoms with E-state index in [-0.39, 0.29) is 11.8 Å². The van der Waals surface area contributed by atoms with Crippen LogP contribution >= 0.6 is 0 Å². The van der Waals surface area contributed by atoms with Gasteiger partial charge in [0.05, 0.1) is 18.3 Å². The minimum atomic E-state index is -0.501. The van der Waals surface area contributed by atoms with Crippen LogP contribution in [0.4, 0.5) is 0 Å². The Morgan fingerprint density at radius 3 is 2.52 bits per heavy atom. The predicted molar refractivity (Wildman–Crippen MR) is 86.9 cm³/mol. The number of aliphatic hydroxyl groups excluding tert-OH is 3. The molecule has 5 atom stereocenters. The van der Waals surface area contributed by atoms with Gasteiger partial charge in [0.1, 0.15) is 0 Å². The van der Waals surface area contributed by atoms with Crippen LogP contribution in [0.15, 0.2) is 24.3 Å². The first-order valence-electron chi connectivity index (χ1n) is 8.47. The first kappa shape index (κ1) is 18.4. The van der Waals surface area contributed by atoms with Crippen molar-refractivity contribution in [1.82, 2.24) is 0 Å². The summed E-state index contributed by atoms with van der Waals surface area (Å²) in [4.78, 5) is 0. The highest BCUT2D eigenvalue weighted by Crippen LogP contribution is 2.36. The van der Waals surface area contributed by atoms with Crippen LogP contribution in [0.3, 0.4) is 0 Å². The maximum absolute atomic E-state index is 10.1. The van der Waals surface area contributed by atoms with E-state index < -0.39 is 18.3 Å². The van der Waals surface area contributed by atoms with Gasteiger partial charge in [0, 0.05) is 12.3 Å². The van der Waals surface area contributed by atoms with E-state index in [1.165, 1.54) is 12.8 Å². The summed E-state index contributed by atoms with van der Waals surface area (Å²) in [5.41, 5.74) is 0. The SMILES string of the molecule is CCCC/C=C/CC1C(O)CC(O)C1/C=C/C(O)CCC. The van der Waals surface area contributed by atoms with Gasteiger partial charge in [-0.25, -0.2) is 0 Å². The van der Waals surface area contributed by atoms with Crippen molar-refractivity contribution in [2.45, 2.75) is 77.1 Å². The summed E-state index contributed by atoms with van der Waals surface area (Å²) < 4.78 is 0. The highest BCUT2D eigenvalue weighted by atomic mass is 16.3. The maximum Gasteiger partial charge on any atom is 0.0720 e. The molecule has 3 N–H and O–H groups in total. The van der Waals surface area contributed by atoms with Crippen LogP contribution in [0.25, 0.3) is 0 Å². The van der Waals surface area contributed by atoms with E-state index in [1.54, 1.807) is 6.08 Å². The van der Waals surface area contributed by atoms with E-state index >= 15 is 0 Å². The third-order valence-corrected chi connectivity index (χ3v) is 4.36. The lowest BCUT2D eigenvalue weighted by Gasteiger charge is -2.19. The standard InChI is InChI=1S/C18H32O3/c1-3-5-6-7-8-10-15-16(18(21)13-17(15)20)12-11-14(19)9-4-2/h7-8,11-12,14-21H,3-6,9-10,13H2,1-2H3/b8-7+,12-11+. The molecule has 1 aliphatic carbocycles. The lowest BCUT2D eigenvalue weighted by atomic mass is 9.89. The van der Waals surface area contributed by atoms with Crippen LogP contribution in [0.5, 0.6) is 0 Å². The monoisotopic (exact) mass is 296 g/mol. The third kappa shape index (κ3) is 6.33. The first-order valence-corrected chi connectivity index (χ1v) is 8.47. The molecule has 0 radical (unpaired) electrons. The molecule has 0 aromatic rings. The first-order chi connectivity index (χ1) is 10.1. The molecule has 3 nitrogen and oxygen atoms in total. The molecule has 0 bridgehead atoms. The number of aliphatic hydroxyl groups is 3. The molecular weight excluding hydrogens is 264 g/mol. The molecule has 0 spiro atoms. The van der Waals surface area contributed by atoms with Crippen molar-refractivity contribution in [2.24, 2.45) is 11.8 Å². The largest absolute Gasteiger partial charge is 0.393 e. The molecule has 1 saturated carbocycles. The summed E-state index contributed by atoms with van der Waals surface area (Å²) in [7, 11) is 0. The van der Waals surface area contributed by atoms with Crippen molar-refractivity contribution >= 4 is 0 Å². The van der Waals surface area contributed by atoms with E-state index in [0.717, 1.165) is 25.7 Å². The Morgan fingerprint density at radius 1 is 1.10 bits per heavy atom. The fourth-order valence-corrected chi connectivity index (χ4v) is 3.05. The molecule has 0 aromatic carbocycles. The molecule has 0 amide bonds. The summed E-state index contributed by atoms with van der Waals surface area (Å²) in [5, 5.41) is 30.0. The Bertz CT molecular complexity index is 324. The van der Waals surface area contributed by atoms with E-state index in [4.69, 9.17) is 0 Å². The molecule has 1 aliphatic rings. The third-order valence-electron chi connectivity index (χ3n) is 4.36. The highest BCUT2D eigenvalue weighted by molar-refractivity contribution is 5.06. The summed E-state index contributed by atoms with van der Waals surface area (Å²) in [5.74, 6) is 0.00489. The Hall–Kier alpha value is -0.640. The van der Waals surface area contributed by atoms with E-state index in [1.807, 2.05) is 13.0 Å². The van der Waals surface area contributed by atoms with Gasteiger partial charge < -0.3 is 15.3 Å². The smallest absolute Gasteiger partial charge is 0.0720 e. The topological polar surface area (TPSA) is 60.7 Å². The summed E-state index contributed by atoms with van der Waals surface area (Å²) >= 11 is 0. The van der Waals surface area contributed by atoms with Crippen LogP contribution in [0.2, 0.25) is 0 Å². The quantitative estimate of drug-likeness (QED) is 0.452. The summed E-state index contributed by atoms with van der Waals surface area (Å²) in [6.07, 6.45) is 13.0. The number of rotatable bonds is 9. The molecule has 0 aromatic heterocycles. The van der Waals surface area contributed by atoms with Crippen LogP contribution in [-0.4, -0.2) is 33.6 Å². The number of hydrogen-bond acceptors (Lipinski definition) is 3. The van der Waals surface area contributed by atoms with Crippen LogP contribution in [0.1, 0.15) is 58.8 Å². The van der Waals surface area contributed by atoms with Gasteiger partial charge in [-0.1, -0.05) is 57.4 Å². The van der Waals surface area contributed by atoms with Crippen molar-refractivity contribution in [1.29, 1.82) is 0 Å². The van der Waals surface area contributed by atoms with Crippen LogP contribution in [-0.2, 0) is 0 Å². The minimum absolute atomic E-state index is 0.0534. The molecule has 0 saturated heterocycles. The summed E-state index contributed by atoms with van der Waals surface area (Å²) in [6.45, 7) is 4.21. The fourth-order valence-electron chi connectivity index (χ4n) is 3.05. The average molecular weight is 296 g/mol. The molecule has 3 heteroatoms. The Balaban J connectivity index is 2.55. The van der Waals surface area contributed by atoms with Crippen molar-refractivity contribution < 1.29 is 15.3 Å². The summed E-state index contributed by atoms with van der Waals surface area (Å²) in [6, 6.07) is 0. The second-order valence-electron chi connectivity index (χ2n) is 6.20. The predicted octanol–water partition coefficient (Wildman–Crippen LogP) is 3.20. The van der Waals surface area contributed by atoms with Gasteiger partial charge in [-0.2, -0.15) is 0 Å². The van der Waals surface area contributed by atoms with Crippen molar-refractivity contribution in [3.63, 3.8) is 0 Å². The van der Waals surface area contributed by atoms with Crippen molar-refractivity contribution in [3.8, 4) is 0 Å². The van der Waals surface area contributed by atoms with Crippen molar-refractivity contribution in [3.05, 3.63) is 24.3 Å². The Morgan fingerprint density at radius 2 is 1.86 bits per heavy atom. The van der Waals surface area contributed by atoms with Gasteiger partial charge in [0.2, 0.25) is 0 Å². The van der Waals surface area contributed by atoms with Gasteiger partial charge in [-0.3, -0.25) is 0 Å². The van der Waals surface area contributed by atoms with Gasteiger partial charge >= 0.3 is 0 Å². The zero-order chi connectivity index (χ0) is 15.7. The number of hydrogen-bond donors (Lipinski definition) is 3. The molecule has 122 valence electrons. The highest BCUT2D eigenvalue weighted by Gasteiger charge is 2.39. The zero-order valence-electron chi connectivity index (χ0n) is 13.5. The second kappa shape index (κ2) is 10.1. The molecule has 21 heavy (non-hydrogen) atoms. The Kier molecular flexibility index (Phi) is 8.90. The van der Waals surface area contributed by atoms with Crippen LogP contribution < -0.4 is 0 Å². The number of allylic oxidation sites excluding steroid dienone is 2. The maximum atomic E-state index is 10.1. The second-order valence-corrected chi connectivity index (χ2v) is 6.20. The fraction of sp³-hybridized carbons (Fsp3) is 0.778. The Labute approximate surface area is 129 Å². The van der Waals surface area contributed by atoms with Gasteiger partial charge in [0.15, 0.2) is 0 Å². The normalized spacial score (nSPS) is 31.5. The molecule has 0 heterocycles. The molecule has 5 unspecified atom stereocenters. The average Bonchev–Trinajstić information content (AvgIpc) is 2.71. The van der Waals surface area contributed by atoms with E-state index in [9.17, 15) is 15.3 Å². The lowest BCUT2D eigenvalue weighted by Crippen LogP contribution is -2.20. The molecule has 1 fully saturated rings. The molecule has 0 aliphatic heterocycles. The van der Waals surface area contributed by atoms with Gasteiger partial charge in [-0.05, 0) is 25.2 Å². The van der Waals surface area contributed by atoms with Crippen LogP contribution in [0, 0.1) is 11.8 Å². The zero-order valence-corrected chi connectivity index (χ0v) is 13.5. The van der Waals surface area contributed by atoms with Gasteiger partial charge in [-0.15, -0.1) is 0 Å². The minimum Gasteiger partial charge on any atom is -0.393 e.